The minimum Gasteiger partial charge on any atom is -1.00 e. The fourth-order valence-electron chi connectivity index (χ4n) is 0. The van der Waals surface area contributed by atoms with Crippen LogP contribution in [0, 0.1) is 0 Å². The Morgan fingerprint density at radius 2 is 0.256 bits per heavy atom. The molecule has 0 saturated carbocycles. The molecule has 0 unspecified atom stereocenters. The van der Waals surface area contributed by atoms with E-state index in [1.807, 2.05) is 0 Å². The van der Waals surface area contributed by atoms with Gasteiger partial charge in [0, 0.05) is 67.1 Å². The van der Waals surface area contributed by atoms with Crippen LogP contribution < -0.4 is 266 Å². The van der Waals surface area contributed by atoms with Gasteiger partial charge in [0.25, 0.3) is 54.3 Å². The predicted octanol–water partition coefficient (Wildman–Crippen LogP) is -27.9. The minimum absolute atomic E-state index is 0. The summed E-state index contributed by atoms with van der Waals surface area (Å²) in [6.45, 7) is 0. The van der Waals surface area contributed by atoms with Crippen LogP contribution in [0.1, 0.15) is 12.8 Å². The summed E-state index contributed by atoms with van der Waals surface area (Å²) in [4.78, 5) is 0. The molecule has 0 rings (SSSR count). The number of hydrogen-bond acceptors (Lipinski definition) is 12. The standard InChI is InChI=1S/9Na.6H2O3S2.9H/c;;;;;;;;;6*1-5(2,3)4;;;;;;;;;/h;;;;;;;;;6*(H2,1,2,3,4);;;;;;;;;/q9*+1;;;;;;;9*-1. The van der Waals surface area contributed by atoms with Gasteiger partial charge in [-0.25, -0.2) is 0 Å². The van der Waals surface area contributed by atoms with Crippen LogP contribution in [0.15, 0.2) is 0 Å². The van der Waals surface area contributed by atoms with Crippen LogP contribution in [0.3, 0.4) is 0 Å². The summed E-state index contributed by atoms with van der Waals surface area (Å²) in [5, 5.41) is 0. The topological polar surface area (TPSA) is 345 Å². The molecule has 0 fully saturated rings. The van der Waals surface area contributed by atoms with Gasteiger partial charge in [0.1, 0.15) is 0 Å². The summed E-state index contributed by atoms with van der Waals surface area (Å²) in [6.07, 6.45) is 0. The zero-order chi connectivity index (χ0) is 27.0. The summed E-state index contributed by atoms with van der Waals surface area (Å²) in [5.41, 5.74) is 0. The first-order valence-electron chi connectivity index (χ1n) is 4.19. The molecule has 0 heterocycles. The van der Waals surface area contributed by atoms with E-state index in [1.165, 1.54) is 0 Å². The summed E-state index contributed by atoms with van der Waals surface area (Å²) >= 11 is 20.8. The first-order chi connectivity index (χ1) is 12.0. The quantitative estimate of drug-likeness (QED) is 0.100. The molecule has 0 aliphatic heterocycles. The fourth-order valence-corrected chi connectivity index (χ4v) is 0. The number of rotatable bonds is 0. The molecule has 210 valence electrons. The second-order valence-corrected chi connectivity index (χ2v) is 15.9. The summed E-state index contributed by atoms with van der Waals surface area (Å²) in [7, 11) is -23.0. The van der Waals surface area contributed by atoms with Crippen molar-refractivity contribution in [3.05, 3.63) is 0 Å². The molecule has 12 N–H and O–H groups in total. The van der Waals surface area contributed by atoms with Gasteiger partial charge in [0.15, 0.2) is 0 Å². The van der Waals surface area contributed by atoms with Crippen molar-refractivity contribution in [2.45, 2.75) is 0 Å². The van der Waals surface area contributed by atoms with Crippen molar-refractivity contribution in [3.8, 4) is 0 Å². The van der Waals surface area contributed by atoms with Crippen molar-refractivity contribution in [2.75, 3.05) is 0 Å². The second kappa shape index (κ2) is 50.8. The van der Waals surface area contributed by atoms with Crippen LogP contribution in [0.4, 0.5) is 0 Å². The van der Waals surface area contributed by atoms with E-state index in [-0.39, 0.29) is 279 Å². The van der Waals surface area contributed by atoms with Crippen molar-refractivity contribution in [3.63, 3.8) is 0 Å². The molecule has 18 nitrogen and oxygen atoms in total. The molecule has 39 heavy (non-hydrogen) atoms. The van der Waals surface area contributed by atoms with Crippen molar-refractivity contribution < 1.29 is 359 Å². The fraction of sp³-hybridized carbons (Fsp3) is 0. The van der Waals surface area contributed by atoms with Crippen molar-refractivity contribution in [1.29, 1.82) is 0 Å². The van der Waals surface area contributed by atoms with Crippen LogP contribution >= 0.6 is 0 Å². The zero-order valence-corrected chi connectivity index (χ0v) is 49.5. The van der Waals surface area contributed by atoms with E-state index in [4.69, 9.17) is 79.9 Å². The Balaban J connectivity index is -0.00000000609. The Bertz CT molecular complexity index is 825. The summed E-state index contributed by atoms with van der Waals surface area (Å²) in [5.74, 6) is 0. The maximum atomic E-state index is 9.11. The van der Waals surface area contributed by atoms with Gasteiger partial charge in [-0.2, -0.15) is 25.3 Å². The Labute approximate surface area is 468 Å². The molecule has 0 atom stereocenters. The third kappa shape index (κ3) is 923. The van der Waals surface area contributed by atoms with Gasteiger partial charge >= 0.3 is 266 Å². The molecule has 0 aliphatic carbocycles. The van der Waals surface area contributed by atoms with E-state index in [1.54, 1.807) is 0 Å². The first kappa shape index (κ1) is 97.9. The third-order valence-corrected chi connectivity index (χ3v) is 0. The molecule has 0 amide bonds. The van der Waals surface area contributed by atoms with Crippen molar-refractivity contribution in [1.82, 2.24) is 0 Å². The minimum atomic E-state index is -3.83. The maximum absolute atomic E-state index is 9.11. The molecule has 0 bridgehead atoms. The van der Waals surface area contributed by atoms with Crippen molar-refractivity contribution in [2.24, 2.45) is 0 Å². The van der Waals surface area contributed by atoms with Gasteiger partial charge in [-0.1, -0.05) is 0 Å². The Hall–Kier alpha value is 10.7. The Morgan fingerprint density at radius 3 is 0.256 bits per heavy atom. The van der Waals surface area contributed by atoms with Gasteiger partial charge < -0.3 is 12.8 Å². The van der Waals surface area contributed by atoms with Crippen LogP contribution in [-0.4, -0.2) is 79.9 Å². The second-order valence-electron chi connectivity index (χ2n) is 2.69. The third-order valence-electron chi connectivity index (χ3n) is 0. The molecule has 39 heteroatoms. The van der Waals surface area contributed by atoms with Crippen molar-refractivity contribution >= 4 is 121 Å². The van der Waals surface area contributed by atoms with Crippen LogP contribution in [-0.2, 0) is 121 Å². The normalized spacial score (nSPS) is 8.92. The van der Waals surface area contributed by atoms with Crippen LogP contribution in [0.2, 0.25) is 0 Å². The average molecular weight is 901 g/mol. The van der Waals surface area contributed by atoms with E-state index in [0.29, 0.717) is 0 Å². The molecule has 0 aromatic heterocycles. The van der Waals surface area contributed by atoms with Gasteiger partial charge in [0.2, 0.25) is 0 Å². The molecule has 0 radical (unpaired) electrons. The SMILES string of the molecule is O=S(O)(O)=S.O=S(O)(O)=S.O=S(O)(O)=S.O=S(O)(O)=S.O=S(O)(O)=S.O=S(O)(O)=S.[H-].[H-].[H-].[H-].[H-].[H-].[H-].[H-].[H-].[Na+].[Na+].[Na+].[Na+].[Na+].[Na+].[Na+].[Na+].[Na+]. The number of hydrogen-bond donors (Lipinski definition) is 12. The monoisotopic (exact) mass is 900 g/mol. The average Bonchev–Trinajstić information content (AvgIpc) is 1.94. The van der Waals surface area contributed by atoms with E-state index >= 15 is 0 Å². The van der Waals surface area contributed by atoms with Gasteiger partial charge in [-0.3, -0.25) is 54.6 Å². The molecule has 0 aromatic carbocycles. The molecule has 0 saturated heterocycles. The zero-order valence-electron chi connectivity index (χ0n) is 30.7. The van der Waals surface area contributed by atoms with E-state index in [2.05, 4.69) is 67.1 Å². The summed E-state index contributed by atoms with van der Waals surface area (Å²) in [6, 6.07) is 0. The Morgan fingerprint density at radius 1 is 0.256 bits per heavy atom. The molecule has 0 spiro atoms. The molecule has 0 aliphatic rings. The van der Waals surface area contributed by atoms with E-state index in [9.17, 15) is 0 Å². The largest absolute Gasteiger partial charge is 1.00 e. The van der Waals surface area contributed by atoms with E-state index in [0.717, 1.165) is 0 Å². The smallest absolute Gasteiger partial charge is 1.00 e. The van der Waals surface area contributed by atoms with E-state index < -0.39 is 54.3 Å². The van der Waals surface area contributed by atoms with Gasteiger partial charge in [-0.05, 0) is 0 Å². The maximum Gasteiger partial charge on any atom is 1.00 e. The molecular formula is H21Na9O18S12. The predicted molar refractivity (Wildman–Crippen MR) is 135 cm³/mol. The summed E-state index contributed by atoms with van der Waals surface area (Å²) < 4.78 is 144. The van der Waals surface area contributed by atoms with Gasteiger partial charge in [-0.15, -0.1) is 0 Å². The Kier molecular flexibility index (Phi) is 128. The molecule has 0 aromatic rings. The van der Waals surface area contributed by atoms with Crippen LogP contribution in [0.5, 0.6) is 0 Å². The van der Waals surface area contributed by atoms with Gasteiger partial charge in [0.05, 0.1) is 0 Å². The molecular weight excluding hydrogens is 880 g/mol. The van der Waals surface area contributed by atoms with Crippen LogP contribution in [0.25, 0.3) is 0 Å². The first-order valence-corrected chi connectivity index (χ1v) is 18.6.